The van der Waals surface area contributed by atoms with Crippen LogP contribution in [-0.4, -0.2) is 5.11 Å². The number of benzene rings is 2. The van der Waals surface area contributed by atoms with Gasteiger partial charge in [0, 0.05) is 18.2 Å². The molecule has 0 aromatic heterocycles. The number of phenolic OH excluding ortho intramolecular Hbond substituents is 1. The van der Waals surface area contributed by atoms with Gasteiger partial charge in [-0.15, -0.1) is 0 Å². The van der Waals surface area contributed by atoms with Crippen molar-refractivity contribution in [2.45, 2.75) is 19.5 Å². The first-order valence-electron chi connectivity index (χ1n) is 6.13. The third-order valence-corrected chi connectivity index (χ3v) is 4.16. The van der Waals surface area contributed by atoms with E-state index in [2.05, 4.69) is 5.32 Å². The fourth-order valence-electron chi connectivity index (χ4n) is 1.87. The van der Waals surface area contributed by atoms with Crippen molar-refractivity contribution < 1.29 is 5.11 Å². The van der Waals surface area contributed by atoms with Crippen LogP contribution in [0, 0.1) is 0 Å². The Morgan fingerprint density at radius 1 is 1.05 bits per heavy atom. The molecule has 0 aliphatic heterocycles. The lowest BCUT2D eigenvalue weighted by Gasteiger charge is -2.16. The van der Waals surface area contributed by atoms with Crippen molar-refractivity contribution in [1.82, 2.24) is 5.32 Å². The lowest BCUT2D eigenvalue weighted by atomic mass is 10.1. The van der Waals surface area contributed by atoms with Gasteiger partial charge in [0.25, 0.3) is 0 Å². The molecule has 0 spiro atoms. The molecule has 2 rings (SSSR count). The van der Waals surface area contributed by atoms with Gasteiger partial charge in [0.2, 0.25) is 0 Å². The van der Waals surface area contributed by atoms with E-state index in [9.17, 15) is 5.11 Å². The summed E-state index contributed by atoms with van der Waals surface area (Å²) >= 11 is 17.8. The van der Waals surface area contributed by atoms with Gasteiger partial charge in [0.1, 0.15) is 5.75 Å². The lowest BCUT2D eigenvalue weighted by molar-refractivity contribution is 0.460. The smallest absolute Gasteiger partial charge is 0.138 e. The topological polar surface area (TPSA) is 32.3 Å². The van der Waals surface area contributed by atoms with Gasteiger partial charge in [-0.2, -0.15) is 0 Å². The lowest BCUT2D eigenvalue weighted by Crippen LogP contribution is -2.18. The van der Waals surface area contributed by atoms with Crippen LogP contribution < -0.4 is 5.32 Å². The van der Waals surface area contributed by atoms with Gasteiger partial charge in [-0.3, -0.25) is 0 Å². The SMILES string of the molecule is CC(NCc1cccc(Cl)c1O)c1ccc(Cl)c(Cl)c1. The number of hydrogen-bond acceptors (Lipinski definition) is 2. The van der Waals surface area contributed by atoms with Gasteiger partial charge < -0.3 is 10.4 Å². The summed E-state index contributed by atoms with van der Waals surface area (Å²) in [6, 6.07) is 10.9. The molecule has 0 heterocycles. The average molecular weight is 331 g/mol. The van der Waals surface area contributed by atoms with Crippen LogP contribution in [0.4, 0.5) is 0 Å². The summed E-state index contributed by atoms with van der Waals surface area (Å²) in [7, 11) is 0. The van der Waals surface area contributed by atoms with Gasteiger partial charge in [-0.1, -0.05) is 53.0 Å². The Morgan fingerprint density at radius 3 is 2.50 bits per heavy atom. The Bertz CT molecular complexity index is 616. The largest absolute Gasteiger partial charge is 0.506 e. The molecule has 0 saturated heterocycles. The van der Waals surface area contributed by atoms with Crippen LogP contribution in [0.25, 0.3) is 0 Å². The number of nitrogens with one attached hydrogen (secondary N) is 1. The molecule has 0 radical (unpaired) electrons. The van der Waals surface area contributed by atoms with Crippen LogP contribution in [0.1, 0.15) is 24.1 Å². The molecule has 0 fully saturated rings. The minimum atomic E-state index is 0.0724. The van der Waals surface area contributed by atoms with Crippen molar-refractivity contribution >= 4 is 34.8 Å². The van der Waals surface area contributed by atoms with Gasteiger partial charge in [0.05, 0.1) is 15.1 Å². The summed E-state index contributed by atoms with van der Waals surface area (Å²) in [5.41, 5.74) is 1.78. The number of halogens is 3. The van der Waals surface area contributed by atoms with Crippen molar-refractivity contribution in [2.75, 3.05) is 0 Å². The zero-order valence-corrected chi connectivity index (χ0v) is 13.1. The van der Waals surface area contributed by atoms with Gasteiger partial charge in [-0.05, 0) is 30.7 Å². The third-order valence-electron chi connectivity index (χ3n) is 3.11. The Kier molecular flexibility index (Phi) is 5.17. The molecule has 5 heteroatoms. The van der Waals surface area contributed by atoms with E-state index in [4.69, 9.17) is 34.8 Å². The molecule has 0 saturated carbocycles. The van der Waals surface area contributed by atoms with Gasteiger partial charge in [-0.25, -0.2) is 0 Å². The summed E-state index contributed by atoms with van der Waals surface area (Å²) in [5, 5.41) is 14.6. The van der Waals surface area contributed by atoms with E-state index in [0.29, 0.717) is 21.6 Å². The first-order chi connectivity index (χ1) is 9.49. The second-order valence-corrected chi connectivity index (χ2v) is 5.75. The molecule has 2 aromatic carbocycles. The maximum Gasteiger partial charge on any atom is 0.138 e. The Labute approximate surface area is 133 Å². The van der Waals surface area contributed by atoms with Crippen molar-refractivity contribution in [1.29, 1.82) is 0 Å². The van der Waals surface area contributed by atoms with Gasteiger partial charge in [0.15, 0.2) is 0 Å². The quantitative estimate of drug-likeness (QED) is 0.807. The van der Waals surface area contributed by atoms with E-state index in [1.165, 1.54) is 0 Å². The van der Waals surface area contributed by atoms with E-state index in [1.807, 2.05) is 31.2 Å². The standard InChI is InChI=1S/C15H14Cl3NO/c1-9(10-5-6-12(16)14(18)7-10)19-8-11-3-2-4-13(17)15(11)20/h2-7,9,19-20H,8H2,1H3. The maximum absolute atomic E-state index is 9.85. The number of aromatic hydroxyl groups is 1. The molecule has 20 heavy (non-hydrogen) atoms. The van der Waals surface area contributed by atoms with E-state index in [-0.39, 0.29) is 11.8 Å². The normalized spacial score (nSPS) is 12.4. The van der Waals surface area contributed by atoms with Crippen LogP contribution in [0.3, 0.4) is 0 Å². The Morgan fingerprint density at radius 2 is 1.80 bits per heavy atom. The molecule has 0 aliphatic carbocycles. The van der Waals surface area contributed by atoms with Crippen LogP contribution >= 0.6 is 34.8 Å². The highest BCUT2D eigenvalue weighted by Gasteiger charge is 2.10. The predicted molar refractivity (Wildman–Crippen MR) is 84.8 cm³/mol. The number of rotatable bonds is 4. The van der Waals surface area contributed by atoms with Crippen molar-refractivity contribution in [2.24, 2.45) is 0 Å². The molecule has 0 bridgehead atoms. The predicted octanol–water partition coefficient (Wildman–Crippen LogP) is 5.20. The molecule has 1 unspecified atom stereocenters. The molecule has 0 amide bonds. The van der Waals surface area contributed by atoms with Crippen LogP contribution in [0.2, 0.25) is 15.1 Å². The molecule has 1 atom stereocenters. The minimum Gasteiger partial charge on any atom is -0.506 e. The Hall–Kier alpha value is -0.930. The fourth-order valence-corrected chi connectivity index (χ4v) is 2.37. The van der Waals surface area contributed by atoms with Crippen molar-refractivity contribution in [3.8, 4) is 5.75 Å². The molecule has 2 aromatic rings. The first-order valence-corrected chi connectivity index (χ1v) is 7.27. The second kappa shape index (κ2) is 6.68. The highest BCUT2D eigenvalue weighted by molar-refractivity contribution is 6.42. The second-order valence-electron chi connectivity index (χ2n) is 4.52. The molecule has 2 nitrogen and oxygen atoms in total. The fraction of sp³-hybridized carbons (Fsp3) is 0.200. The van der Waals surface area contributed by atoms with E-state index >= 15 is 0 Å². The summed E-state index contributed by atoms with van der Waals surface area (Å²) in [5.74, 6) is 0.114. The molecular formula is C15H14Cl3NO. The molecular weight excluding hydrogens is 317 g/mol. The molecule has 106 valence electrons. The number of para-hydroxylation sites is 1. The highest BCUT2D eigenvalue weighted by Crippen LogP contribution is 2.28. The summed E-state index contributed by atoms with van der Waals surface area (Å²) < 4.78 is 0. The summed E-state index contributed by atoms with van der Waals surface area (Å²) in [6.45, 7) is 2.52. The molecule has 2 N–H and O–H groups in total. The third kappa shape index (κ3) is 3.58. The summed E-state index contributed by atoms with van der Waals surface area (Å²) in [6.07, 6.45) is 0. The Balaban J connectivity index is 2.06. The monoisotopic (exact) mass is 329 g/mol. The average Bonchev–Trinajstić information content (AvgIpc) is 2.43. The van der Waals surface area contributed by atoms with E-state index < -0.39 is 0 Å². The summed E-state index contributed by atoms with van der Waals surface area (Å²) in [4.78, 5) is 0. The molecule has 0 aliphatic rings. The van der Waals surface area contributed by atoms with Gasteiger partial charge >= 0.3 is 0 Å². The van der Waals surface area contributed by atoms with Crippen LogP contribution in [0.15, 0.2) is 36.4 Å². The van der Waals surface area contributed by atoms with Crippen molar-refractivity contribution in [3.63, 3.8) is 0 Å². The van der Waals surface area contributed by atoms with E-state index in [1.54, 1.807) is 12.1 Å². The van der Waals surface area contributed by atoms with Crippen LogP contribution in [-0.2, 0) is 6.54 Å². The minimum absolute atomic E-state index is 0.0724. The number of phenols is 1. The van der Waals surface area contributed by atoms with Crippen LogP contribution in [0.5, 0.6) is 5.75 Å². The zero-order chi connectivity index (χ0) is 14.7. The maximum atomic E-state index is 9.85. The number of hydrogen-bond donors (Lipinski definition) is 2. The first kappa shape index (κ1) is 15.5. The van der Waals surface area contributed by atoms with Crippen molar-refractivity contribution in [3.05, 3.63) is 62.6 Å². The van der Waals surface area contributed by atoms with E-state index in [0.717, 1.165) is 11.1 Å². The highest BCUT2D eigenvalue weighted by atomic mass is 35.5. The zero-order valence-electron chi connectivity index (χ0n) is 10.8.